The summed E-state index contributed by atoms with van der Waals surface area (Å²) in [5, 5.41) is 0. The fourth-order valence-corrected chi connectivity index (χ4v) is 2.04. The number of rotatable bonds is 3. The molecule has 2 aromatic heterocycles. The Hall–Kier alpha value is -2.43. The van der Waals surface area contributed by atoms with Crippen molar-refractivity contribution in [3.8, 4) is 11.3 Å². The molecule has 0 radical (unpaired) electrons. The van der Waals surface area contributed by atoms with Gasteiger partial charge in [0.25, 0.3) is 0 Å². The maximum absolute atomic E-state index is 12.0. The number of amides is 1. The maximum Gasteiger partial charge on any atom is 0.360 e. The van der Waals surface area contributed by atoms with Crippen LogP contribution in [-0.2, 0) is 4.79 Å². The van der Waals surface area contributed by atoms with Crippen LogP contribution >= 0.6 is 0 Å². The normalized spacial score (nSPS) is 14.1. The Bertz CT molecular complexity index is 690. The van der Waals surface area contributed by atoms with Gasteiger partial charge in [-0.2, -0.15) is 0 Å². The number of pyridine rings is 1. The van der Waals surface area contributed by atoms with E-state index in [1.807, 2.05) is 6.07 Å². The second kappa shape index (κ2) is 4.92. The SMILES string of the molecule is CN(C(=O)C1CC1)c1ccc(-c2cccnc2)oc1=O. The Morgan fingerprint density at radius 3 is 2.75 bits per heavy atom. The highest BCUT2D eigenvalue weighted by Crippen LogP contribution is 2.31. The minimum atomic E-state index is -0.511. The fourth-order valence-electron chi connectivity index (χ4n) is 2.04. The predicted molar refractivity (Wildman–Crippen MR) is 74.3 cm³/mol. The summed E-state index contributed by atoms with van der Waals surface area (Å²) >= 11 is 0. The van der Waals surface area contributed by atoms with Crippen LogP contribution < -0.4 is 10.5 Å². The van der Waals surface area contributed by atoms with Crippen molar-refractivity contribution in [1.29, 1.82) is 0 Å². The summed E-state index contributed by atoms with van der Waals surface area (Å²) in [7, 11) is 1.61. The summed E-state index contributed by atoms with van der Waals surface area (Å²) < 4.78 is 5.28. The van der Waals surface area contributed by atoms with E-state index in [0.717, 1.165) is 18.4 Å². The van der Waals surface area contributed by atoms with Gasteiger partial charge in [-0.25, -0.2) is 4.79 Å². The van der Waals surface area contributed by atoms with Gasteiger partial charge in [-0.15, -0.1) is 0 Å². The van der Waals surface area contributed by atoms with Gasteiger partial charge in [-0.1, -0.05) is 0 Å². The van der Waals surface area contributed by atoms with Crippen molar-refractivity contribution in [3.63, 3.8) is 0 Å². The van der Waals surface area contributed by atoms with Crippen LogP contribution in [-0.4, -0.2) is 17.9 Å². The summed E-state index contributed by atoms with van der Waals surface area (Å²) in [4.78, 5) is 29.3. The van der Waals surface area contributed by atoms with Gasteiger partial charge < -0.3 is 9.32 Å². The molecule has 0 saturated heterocycles. The smallest absolute Gasteiger partial charge is 0.360 e. The Balaban J connectivity index is 1.91. The number of carbonyl (C=O) groups is 1. The topological polar surface area (TPSA) is 63.4 Å². The average Bonchev–Trinajstić information content (AvgIpc) is 3.31. The maximum atomic E-state index is 12.0. The lowest BCUT2D eigenvalue weighted by Crippen LogP contribution is -2.31. The van der Waals surface area contributed by atoms with E-state index in [1.54, 1.807) is 37.6 Å². The number of nitrogens with zero attached hydrogens (tertiary/aromatic N) is 2. The second-order valence-electron chi connectivity index (χ2n) is 4.89. The zero-order valence-electron chi connectivity index (χ0n) is 11.1. The van der Waals surface area contributed by atoms with Crippen LogP contribution in [0.4, 0.5) is 5.69 Å². The molecule has 20 heavy (non-hydrogen) atoms. The van der Waals surface area contributed by atoms with Crippen molar-refractivity contribution in [3.05, 3.63) is 47.1 Å². The summed E-state index contributed by atoms with van der Waals surface area (Å²) in [5.74, 6) is 0.489. The molecule has 0 unspecified atom stereocenters. The monoisotopic (exact) mass is 270 g/mol. The molecule has 1 aliphatic rings. The molecule has 5 nitrogen and oxygen atoms in total. The van der Waals surface area contributed by atoms with E-state index < -0.39 is 5.63 Å². The van der Waals surface area contributed by atoms with E-state index in [4.69, 9.17) is 4.42 Å². The molecule has 1 fully saturated rings. The quantitative estimate of drug-likeness (QED) is 0.856. The molecule has 3 rings (SSSR count). The largest absolute Gasteiger partial charge is 0.421 e. The zero-order chi connectivity index (χ0) is 14.1. The Morgan fingerprint density at radius 1 is 1.35 bits per heavy atom. The number of carbonyl (C=O) groups excluding carboxylic acids is 1. The number of aromatic nitrogens is 1. The van der Waals surface area contributed by atoms with E-state index in [1.165, 1.54) is 4.90 Å². The Kier molecular flexibility index (Phi) is 3.10. The molecule has 0 aromatic carbocycles. The first-order valence-corrected chi connectivity index (χ1v) is 6.49. The first-order valence-electron chi connectivity index (χ1n) is 6.49. The van der Waals surface area contributed by atoms with E-state index in [2.05, 4.69) is 4.98 Å². The van der Waals surface area contributed by atoms with Gasteiger partial charge in [0, 0.05) is 30.9 Å². The van der Waals surface area contributed by atoms with Crippen LogP contribution in [0.3, 0.4) is 0 Å². The molecule has 0 spiro atoms. The summed E-state index contributed by atoms with van der Waals surface area (Å²) in [6, 6.07) is 6.88. The molecule has 102 valence electrons. The molecule has 0 aliphatic heterocycles. The molecule has 1 saturated carbocycles. The highest BCUT2D eigenvalue weighted by molar-refractivity contribution is 5.95. The van der Waals surface area contributed by atoms with Gasteiger partial charge >= 0.3 is 5.63 Å². The van der Waals surface area contributed by atoms with Crippen LogP contribution in [0.1, 0.15) is 12.8 Å². The van der Waals surface area contributed by atoms with Gasteiger partial charge in [0.15, 0.2) is 0 Å². The second-order valence-corrected chi connectivity index (χ2v) is 4.89. The Labute approximate surface area is 115 Å². The lowest BCUT2D eigenvalue weighted by atomic mass is 10.2. The summed E-state index contributed by atoms with van der Waals surface area (Å²) in [6.07, 6.45) is 5.08. The van der Waals surface area contributed by atoms with Crippen LogP contribution in [0.2, 0.25) is 0 Å². The molecular weight excluding hydrogens is 256 g/mol. The van der Waals surface area contributed by atoms with Crippen molar-refractivity contribution in [2.75, 3.05) is 11.9 Å². The highest BCUT2D eigenvalue weighted by Gasteiger charge is 2.33. The lowest BCUT2D eigenvalue weighted by molar-refractivity contribution is -0.119. The zero-order valence-corrected chi connectivity index (χ0v) is 11.1. The first-order chi connectivity index (χ1) is 9.66. The Morgan fingerprint density at radius 2 is 2.15 bits per heavy atom. The third-order valence-electron chi connectivity index (χ3n) is 3.37. The minimum Gasteiger partial charge on any atom is -0.421 e. The van der Waals surface area contributed by atoms with Crippen LogP contribution in [0.15, 0.2) is 45.9 Å². The van der Waals surface area contributed by atoms with E-state index in [-0.39, 0.29) is 17.5 Å². The standard InChI is InChI=1S/C15H14N2O3/c1-17(14(18)10-4-5-10)12-6-7-13(20-15(12)19)11-3-2-8-16-9-11/h2-3,6-10H,4-5H2,1H3. The van der Waals surface area contributed by atoms with Gasteiger partial charge in [0.1, 0.15) is 11.4 Å². The molecule has 5 heteroatoms. The van der Waals surface area contributed by atoms with Crippen molar-refractivity contribution in [2.45, 2.75) is 12.8 Å². The molecule has 2 aromatic rings. The molecule has 0 N–H and O–H groups in total. The molecule has 2 heterocycles. The molecule has 1 aliphatic carbocycles. The predicted octanol–water partition coefficient (Wildman–Crippen LogP) is 2.07. The van der Waals surface area contributed by atoms with Crippen LogP contribution in [0, 0.1) is 5.92 Å². The fraction of sp³-hybridized carbons (Fsp3) is 0.267. The lowest BCUT2D eigenvalue weighted by Gasteiger charge is -2.15. The first kappa shape index (κ1) is 12.6. The van der Waals surface area contributed by atoms with Gasteiger partial charge in [-0.05, 0) is 37.1 Å². The van der Waals surface area contributed by atoms with Gasteiger partial charge in [0.05, 0.1) is 0 Å². The van der Waals surface area contributed by atoms with Crippen molar-refractivity contribution < 1.29 is 9.21 Å². The summed E-state index contributed by atoms with van der Waals surface area (Å²) in [6.45, 7) is 0. The van der Waals surface area contributed by atoms with Crippen molar-refractivity contribution >= 4 is 11.6 Å². The number of hydrogen-bond donors (Lipinski definition) is 0. The van der Waals surface area contributed by atoms with E-state index >= 15 is 0 Å². The minimum absolute atomic E-state index is 0.0218. The van der Waals surface area contributed by atoms with Crippen molar-refractivity contribution in [1.82, 2.24) is 4.98 Å². The van der Waals surface area contributed by atoms with E-state index in [9.17, 15) is 9.59 Å². The van der Waals surface area contributed by atoms with Crippen molar-refractivity contribution in [2.24, 2.45) is 5.92 Å². The molecule has 0 atom stereocenters. The number of anilines is 1. The third-order valence-corrected chi connectivity index (χ3v) is 3.37. The van der Waals surface area contributed by atoms with Gasteiger partial charge in [0.2, 0.25) is 5.91 Å². The van der Waals surface area contributed by atoms with Crippen LogP contribution in [0.25, 0.3) is 11.3 Å². The van der Waals surface area contributed by atoms with Gasteiger partial charge in [-0.3, -0.25) is 9.78 Å². The molecule has 0 bridgehead atoms. The molecule has 1 amide bonds. The third kappa shape index (κ3) is 2.34. The van der Waals surface area contributed by atoms with E-state index in [0.29, 0.717) is 5.76 Å². The molecular formula is C15H14N2O3. The average molecular weight is 270 g/mol. The van der Waals surface area contributed by atoms with Crippen LogP contribution in [0.5, 0.6) is 0 Å². The highest BCUT2D eigenvalue weighted by atomic mass is 16.4. The summed E-state index contributed by atoms with van der Waals surface area (Å²) in [5.41, 5.74) is 0.490. The number of hydrogen-bond acceptors (Lipinski definition) is 4.